The highest BCUT2D eigenvalue weighted by Gasteiger charge is 2.19. The lowest BCUT2D eigenvalue weighted by molar-refractivity contribution is 0.0686. The molecule has 124 valence electrons. The zero-order valence-corrected chi connectivity index (χ0v) is 13.1. The van der Waals surface area contributed by atoms with E-state index in [1.165, 1.54) is 38.2 Å². The van der Waals surface area contributed by atoms with E-state index in [2.05, 4.69) is 12.2 Å². The number of aromatic carboxylic acids is 1. The van der Waals surface area contributed by atoms with Crippen molar-refractivity contribution >= 4 is 11.7 Å². The number of hydrogen-bond donors (Lipinski definition) is 2. The van der Waals surface area contributed by atoms with Gasteiger partial charge in [0.1, 0.15) is 11.4 Å². The highest BCUT2D eigenvalue weighted by atomic mass is 19.1. The second kappa shape index (κ2) is 10.1. The molecule has 1 aromatic rings. The number of benzene rings is 1. The Balaban J connectivity index is 2.28. The van der Waals surface area contributed by atoms with E-state index in [0.717, 1.165) is 25.3 Å². The second-order valence-electron chi connectivity index (χ2n) is 5.49. The number of unbranched alkanes of at least 4 members (excludes halogenated alkanes) is 7. The first-order valence-electron chi connectivity index (χ1n) is 8.03. The SMILES string of the molecule is CCCCCCCCCCNc1ccc(F)c(C(=O)O)c1F. The molecule has 0 saturated carbocycles. The molecule has 0 unspecified atom stereocenters. The monoisotopic (exact) mass is 313 g/mol. The molecule has 3 nitrogen and oxygen atoms in total. The molecule has 0 bridgehead atoms. The number of hydrogen-bond acceptors (Lipinski definition) is 2. The molecule has 0 aliphatic carbocycles. The standard InChI is InChI=1S/C17H25F2NO2/c1-2-3-4-5-6-7-8-9-12-20-14-11-10-13(18)15(16(14)19)17(21)22/h10-11,20H,2-9,12H2,1H3,(H,21,22). The maximum absolute atomic E-state index is 13.8. The number of nitrogens with one attached hydrogen (secondary N) is 1. The lowest BCUT2D eigenvalue weighted by atomic mass is 10.1. The summed E-state index contributed by atoms with van der Waals surface area (Å²) in [6.45, 7) is 2.74. The highest BCUT2D eigenvalue weighted by molar-refractivity contribution is 5.89. The van der Waals surface area contributed by atoms with Gasteiger partial charge in [-0.25, -0.2) is 13.6 Å². The van der Waals surface area contributed by atoms with E-state index in [1.54, 1.807) is 0 Å². The number of rotatable bonds is 11. The number of halogens is 2. The van der Waals surface area contributed by atoms with Gasteiger partial charge in [-0.15, -0.1) is 0 Å². The zero-order chi connectivity index (χ0) is 16.4. The van der Waals surface area contributed by atoms with Crippen LogP contribution in [0.4, 0.5) is 14.5 Å². The number of carboxylic acid groups (broad SMARTS) is 1. The summed E-state index contributed by atoms with van der Waals surface area (Å²) in [6.07, 6.45) is 9.37. The van der Waals surface area contributed by atoms with Gasteiger partial charge in [-0.3, -0.25) is 0 Å². The van der Waals surface area contributed by atoms with E-state index in [1.807, 2.05) is 0 Å². The normalized spacial score (nSPS) is 10.7. The Morgan fingerprint density at radius 2 is 1.64 bits per heavy atom. The van der Waals surface area contributed by atoms with Crippen molar-refractivity contribution in [2.24, 2.45) is 0 Å². The van der Waals surface area contributed by atoms with Gasteiger partial charge in [0.25, 0.3) is 0 Å². The molecule has 0 spiro atoms. The second-order valence-corrected chi connectivity index (χ2v) is 5.49. The third kappa shape index (κ3) is 6.00. The number of carbonyl (C=O) groups is 1. The molecule has 0 aliphatic heterocycles. The molecule has 0 radical (unpaired) electrons. The topological polar surface area (TPSA) is 49.3 Å². The quantitative estimate of drug-likeness (QED) is 0.551. The Hall–Kier alpha value is -1.65. The zero-order valence-electron chi connectivity index (χ0n) is 13.1. The van der Waals surface area contributed by atoms with E-state index >= 15 is 0 Å². The van der Waals surface area contributed by atoms with Crippen molar-refractivity contribution in [3.05, 3.63) is 29.3 Å². The molecule has 2 N–H and O–H groups in total. The Kier molecular flexibility index (Phi) is 8.48. The maximum atomic E-state index is 13.8. The van der Waals surface area contributed by atoms with Crippen LogP contribution in [0.15, 0.2) is 12.1 Å². The minimum Gasteiger partial charge on any atom is -0.477 e. The fourth-order valence-electron chi connectivity index (χ4n) is 2.37. The van der Waals surface area contributed by atoms with Crippen molar-refractivity contribution in [1.82, 2.24) is 0 Å². The van der Waals surface area contributed by atoms with Crippen LogP contribution in [0.5, 0.6) is 0 Å². The van der Waals surface area contributed by atoms with Gasteiger partial charge in [-0.2, -0.15) is 0 Å². The average molecular weight is 313 g/mol. The summed E-state index contributed by atoms with van der Waals surface area (Å²) < 4.78 is 27.1. The summed E-state index contributed by atoms with van der Waals surface area (Å²) in [7, 11) is 0. The van der Waals surface area contributed by atoms with Crippen molar-refractivity contribution in [3.8, 4) is 0 Å². The van der Waals surface area contributed by atoms with E-state index in [0.29, 0.717) is 6.54 Å². The fraction of sp³-hybridized carbons (Fsp3) is 0.588. The molecular formula is C17H25F2NO2. The molecule has 22 heavy (non-hydrogen) atoms. The molecule has 0 aliphatic rings. The molecule has 0 amide bonds. The van der Waals surface area contributed by atoms with Gasteiger partial charge in [0.05, 0.1) is 5.69 Å². The van der Waals surface area contributed by atoms with Crippen LogP contribution in [0.2, 0.25) is 0 Å². The van der Waals surface area contributed by atoms with Gasteiger partial charge in [0.15, 0.2) is 5.82 Å². The van der Waals surface area contributed by atoms with Crippen LogP contribution in [0.25, 0.3) is 0 Å². The maximum Gasteiger partial charge on any atom is 0.341 e. The predicted octanol–water partition coefficient (Wildman–Crippen LogP) is 5.22. The number of carboxylic acids is 1. The average Bonchev–Trinajstić information content (AvgIpc) is 2.47. The molecule has 0 aromatic heterocycles. The summed E-state index contributed by atoms with van der Waals surface area (Å²) in [5.41, 5.74) is -0.859. The van der Waals surface area contributed by atoms with Crippen LogP contribution in [-0.2, 0) is 0 Å². The van der Waals surface area contributed by atoms with Crippen molar-refractivity contribution in [2.45, 2.75) is 58.3 Å². The van der Waals surface area contributed by atoms with Gasteiger partial charge >= 0.3 is 5.97 Å². The third-order valence-electron chi connectivity index (χ3n) is 3.65. The first kappa shape index (κ1) is 18.4. The lowest BCUT2D eigenvalue weighted by Crippen LogP contribution is -2.10. The van der Waals surface area contributed by atoms with E-state index in [4.69, 9.17) is 5.11 Å². The first-order chi connectivity index (χ1) is 10.6. The van der Waals surface area contributed by atoms with Gasteiger partial charge in [-0.05, 0) is 18.6 Å². The summed E-state index contributed by atoms with van der Waals surface area (Å²) in [5, 5.41) is 11.6. The molecule has 0 saturated heterocycles. The lowest BCUT2D eigenvalue weighted by Gasteiger charge is -2.09. The Bertz CT molecular complexity index is 478. The molecule has 5 heteroatoms. The van der Waals surface area contributed by atoms with Crippen LogP contribution >= 0.6 is 0 Å². The third-order valence-corrected chi connectivity index (χ3v) is 3.65. The van der Waals surface area contributed by atoms with Gasteiger partial charge in [0, 0.05) is 6.54 Å². The Labute approximate surface area is 130 Å². The van der Waals surface area contributed by atoms with Gasteiger partial charge in [-0.1, -0.05) is 51.9 Å². The molecular weight excluding hydrogens is 288 g/mol. The van der Waals surface area contributed by atoms with E-state index in [9.17, 15) is 13.6 Å². The van der Waals surface area contributed by atoms with Crippen LogP contribution < -0.4 is 5.32 Å². The van der Waals surface area contributed by atoms with Crippen LogP contribution in [0.1, 0.15) is 68.6 Å². The van der Waals surface area contributed by atoms with Crippen molar-refractivity contribution in [2.75, 3.05) is 11.9 Å². The van der Waals surface area contributed by atoms with Crippen molar-refractivity contribution < 1.29 is 18.7 Å². The molecule has 0 heterocycles. The van der Waals surface area contributed by atoms with Gasteiger partial charge < -0.3 is 10.4 Å². The van der Waals surface area contributed by atoms with Crippen molar-refractivity contribution in [3.63, 3.8) is 0 Å². The summed E-state index contributed by atoms with van der Waals surface area (Å²) in [5.74, 6) is -3.68. The fourth-order valence-corrected chi connectivity index (χ4v) is 2.37. The van der Waals surface area contributed by atoms with Gasteiger partial charge in [0.2, 0.25) is 0 Å². The van der Waals surface area contributed by atoms with Crippen LogP contribution in [0, 0.1) is 11.6 Å². The highest BCUT2D eigenvalue weighted by Crippen LogP contribution is 2.21. The van der Waals surface area contributed by atoms with E-state index in [-0.39, 0.29) is 5.69 Å². The van der Waals surface area contributed by atoms with Crippen molar-refractivity contribution in [1.29, 1.82) is 0 Å². The van der Waals surface area contributed by atoms with Crippen LogP contribution in [0.3, 0.4) is 0 Å². The summed E-state index contributed by atoms with van der Waals surface area (Å²) in [6, 6.07) is 2.21. The summed E-state index contributed by atoms with van der Waals surface area (Å²) >= 11 is 0. The van der Waals surface area contributed by atoms with E-state index < -0.39 is 23.2 Å². The minimum absolute atomic E-state index is 0.0433. The largest absolute Gasteiger partial charge is 0.477 e. The molecule has 1 rings (SSSR count). The number of anilines is 1. The molecule has 0 fully saturated rings. The predicted molar refractivity (Wildman–Crippen MR) is 84.4 cm³/mol. The Morgan fingerprint density at radius 3 is 2.23 bits per heavy atom. The minimum atomic E-state index is -1.59. The molecule has 1 aromatic carbocycles. The Morgan fingerprint density at radius 1 is 1.05 bits per heavy atom. The smallest absolute Gasteiger partial charge is 0.341 e. The molecule has 0 atom stereocenters. The first-order valence-corrected chi connectivity index (χ1v) is 8.03. The van der Waals surface area contributed by atoms with Crippen LogP contribution in [-0.4, -0.2) is 17.6 Å². The summed E-state index contributed by atoms with van der Waals surface area (Å²) in [4.78, 5) is 10.8.